The standard InChI is InChI=1S/C10H10Br2N2O3S/c11-7-2-5(8(12)18-7)10(17)14-3-4(15)1-6(14)9(13)16/h2,4,6,15H,1,3H2,(H2,13,16). The van der Waals surface area contributed by atoms with E-state index in [1.165, 1.54) is 16.2 Å². The third kappa shape index (κ3) is 2.61. The zero-order valence-corrected chi connectivity index (χ0v) is 13.1. The molecule has 2 unspecified atom stereocenters. The first-order chi connectivity index (χ1) is 8.40. The van der Waals surface area contributed by atoms with Crippen LogP contribution in [0.5, 0.6) is 0 Å². The minimum atomic E-state index is -0.738. The Hall–Kier alpha value is -0.440. The van der Waals surface area contributed by atoms with Crippen LogP contribution in [0.4, 0.5) is 0 Å². The Bertz CT molecular complexity index is 505. The lowest BCUT2D eigenvalue weighted by Crippen LogP contribution is -2.43. The van der Waals surface area contributed by atoms with Crippen molar-refractivity contribution in [3.8, 4) is 0 Å². The number of carbonyl (C=O) groups is 2. The molecule has 1 aliphatic heterocycles. The number of hydrogen-bond donors (Lipinski definition) is 2. The molecule has 0 spiro atoms. The van der Waals surface area contributed by atoms with E-state index in [1.54, 1.807) is 6.07 Å². The smallest absolute Gasteiger partial charge is 0.256 e. The number of β-amino-alcohol motifs (C(OH)–C–C–N with tert-alkyl or cyclic N) is 1. The van der Waals surface area contributed by atoms with Crippen molar-refractivity contribution < 1.29 is 14.7 Å². The van der Waals surface area contributed by atoms with Gasteiger partial charge in [-0.1, -0.05) is 0 Å². The fourth-order valence-corrected chi connectivity index (χ4v) is 4.73. The number of carbonyl (C=O) groups excluding carboxylic acids is 2. The van der Waals surface area contributed by atoms with Gasteiger partial charge in [-0.2, -0.15) is 0 Å². The van der Waals surface area contributed by atoms with Gasteiger partial charge in [-0.15, -0.1) is 11.3 Å². The number of halogens is 2. The number of hydrogen-bond acceptors (Lipinski definition) is 4. The molecule has 2 atom stereocenters. The number of aliphatic hydroxyl groups is 1. The van der Waals surface area contributed by atoms with Gasteiger partial charge >= 0.3 is 0 Å². The number of nitrogens with zero attached hydrogens (tertiary/aromatic N) is 1. The van der Waals surface area contributed by atoms with Crippen LogP contribution in [0.3, 0.4) is 0 Å². The molecular formula is C10H10Br2N2O3S. The Balaban J connectivity index is 2.28. The summed E-state index contributed by atoms with van der Waals surface area (Å²) in [6.45, 7) is 0.131. The van der Waals surface area contributed by atoms with E-state index in [0.717, 1.165) is 3.79 Å². The summed E-state index contributed by atoms with van der Waals surface area (Å²) in [5.74, 6) is -0.894. The summed E-state index contributed by atoms with van der Waals surface area (Å²) in [6.07, 6.45) is -0.503. The van der Waals surface area contributed by atoms with E-state index in [1.807, 2.05) is 0 Å². The molecule has 1 fully saturated rings. The van der Waals surface area contributed by atoms with Crippen molar-refractivity contribution in [2.75, 3.05) is 6.54 Å². The van der Waals surface area contributed by atoms with Crippen molar-refractivity contribution >= 4 is 55.0 Å². The molecule has 3 N–H and O–H groups in total. The first kappa shape index (κ1) is 14.0. The lowest BCUT2D eigenvalue weighted by molar-refractivity contribution is -0.121. The molecular weight excluding hydrogens is 388 g/mol. The van der Waals surface area contributed by atoms with E-state index in [2.05, 4.69) is 31.9 Å². The van der Waals surface area contributed by atoms with Gasteiger partial charge in [-0.05, 0) is 37.9 Å². The zero-order valence-electron chi connectivity index (χ0n) is 9.10. The van der Waals surface area contributed by atoms with Gasteiger partial charge in [0, 0.05) is 13.0 Å². The molecule has 1 saturated heterocycles. The summed E-state index contributed by atoms with van der Waals surface area (Å²) in [6, 6.07) is 0.943. The van der Waals surface area contributed by atoms with Gasteiger partial charge in [0.1, 0.15) is 6.04 Å². The third-order valence-electron chi connectivity index (χ3n) is 2.76. The second kappa shape index (κ2) is 5.28. The zero-order chi connectivity index (χ0) is 13.4. The van der Waals surface area contributed by atoms with Gasteiger partial charge in [0.05, 0.1) is 19.2 Å². The molecule has 1 aliphatic rings. The SMILES string of the molecule is NC(=O)C1CC(O)CN1C(=O)c1cc(Br)sc1Br. The van der Waals surface area contributed by atoms with Crippen LogP contribution >= 0.6 is 43.2 Å². The Labute approximate surface area is 124 Å². The number of thiophene rings is 1. The summed E-state index contributed by atoms with van der Waals surface area (Å²) in [5, 5.41) is 9.57. The lowest BCUT2D eigenvalue weighted by atomic mass is 10.2. The lowest BCUT2D eigenvalue weighted by Gasteiger charge is -2.21. The number of amides is 2. The van der Waals surface area contributed by atoms with E-state index in [-0.39, 0.29) is 18.9 Å². The fraction of sp³-hybridized carbons (Fsp3) is 0.400. The minimum absolute atomic E-state index is 0.131. The average Bonchev–Trinajstić information content (AvgIpc) is 2.81. The Morgan fingerprint density at radius 1 is 1.50 bits per heavy atom. The highest BCUT2D eigenvalue weighted by Gasteiger charge is 2.38. The van der Waals surface area contributed by atoms with E-state index in [0.29, 0.717) is 9.35 Å². The van der Waals surface area contributed by atoms with Crippen LogP contribution in [0.25, 0.3) is 0 Å². The van der Waals surface area contributed by atoms with Crippen molar-refractivity contribution in [1.82, 2.24) is 4.90 Å². The van der Waals surface area contributed by atoms with E-state index >= 15 is 0 Å². The van der Waals surface area contributed by atoms with Crippen LogP contribution in [0, 0.1) is 0 Å². The van der Waals surface area contributed by atoms with Gasteiger partial charge in [0.2, 0.25) is 5.91 Å². The summed E-state index contributed by atoms with van der Waals surface area (Å²) in [4.78, 5) is 24.9. The molecule has 18 heavy (non-hydrogen) atoms. The molecule has 2 rings (SSSR count). The van der Waals surface area contributed by atoms with Crippen LogP contribution in [0.2, 0.25) is 0 Å². The Morgan fingerprint density at radius 2 is 2.17 bits per heavy atom. The van der Waals surface area contributed by atoms with E-state index in [9.17, 15) is 14.7 Å². The highest BCUT2D eigenvalue weighted by molar-refractivity contribution is 9.12. The largest absolute Gasteiger partial charge is 0.391 e. The van der Waals surface area contributed by atoms with Crippen molar-refractivity contribution in [2.45, 2.75) is 18.6 Å². The molecule has 8 heteroatoms. The number of rotatable bonds is 2. The van der Waals surface area contributed by atoms with Crippen LogP contribution in [-0.2, 0) is 4.79 Å². The number of nitrogens with two attached hydrogens (primary N) is 1. The predicted octanol–water partition coefficient (Wildman–Crippen LogP) is 1.33. The summed E-state index contributed by atoms with van der Waals surface area (Å²) >= 11 is 7.97. The number of likely N-dealkylation sites (tertiary alicyclic amines) is 1. The number of aliphatic hydroxyl groups excluding tert-OH is 1. The topological polar surface area (TPSA) is 83.6 Å². The molecule has 0 saturated carbocycles. The van der Waals surface area contributed by atoms with Crippen molar-refractivity contribution in [3.63, 3.8) is 0 Å². The third-order valence-corrected chi connectivity index (χ3v) is 5.09. The first-order valence-corrected chi connectivity index (χ1v) is 7.53. The highest BCUT2D eigenvalue weighted by atomic mass is 79.9. The first-order valence-electron chi connectivity index (χ1n) is 5.13. The molecule has 5 nitrogen and oxygen atoms in total. The van der Waals surface area contributed by atoms with Gasteiger partial charge in [0.25, 0.3) is 5.91 Å². The van der Waals surface area contributed by atoms with Crippen LogP contribution < -0.4 is 5.73 Å². The van der Waals surface area contributed by atoms with Crippen LogP contribution in [0.1, 0.15) is 16.8 Å². The van der Waals surface area contributed by atoms with E-state index in [4.69, 9.17) is 5.73 Å². The molecule has 0 radical (unpaired) electrons. The van der Waals surface area contributed by atoms with Gasteiger partial charge < -0.3 is 15.7 Å². The maximum Gasteiger partial charge on any atom is 0.256 e. The molecule has 98 valence electrons. The number of primary amides is 1. The maximum atomic E-state index is 12.3. The molecule has 2 amide bonds. The molecule has 2 heterocycles. The monoisotopic (exact) mass is 396 g/mol. The quantitative estimate of drug-likeness (QED) is 0.789. The minimum Gasteiger partial charge on any atom is -0.391 e. The normalized spacial score (nSPS) is 23.4. The Morgan fingerprint density at radius 3 is 2.67 bits per heavy atom. The van der Waals surface area contributed by atoms with Crippen molar-refractivity contribution in [1.29, 1.82) is 0 Å². The molecule has 0 aromatic carbocycles. The van der Waals surface area contributed by atoms with Crippen LogP contribution in [-0.4, -0.2) is 40.5 Å². The second-order valence-electron chi connectivity index (χ2n) is 4.00. The van der Waals surface area contributed by atoms with Crippen molar-refractivity contribution in [3.05, 3.63) is 19.2 Å². The maximum absolute atomic E-state index is 12.3. The second-order valence-corrected chi connectivity index (χ2v) is 7.75. The summed E-state index contributed by atoms with van der Waals surface area (Å²) in [5.41, 5.74) is 5.71. The van der Waals surface area contributed by atoms with Gasteiger partial charge in [-0.3, -0.25) is 9.59 Å². The molecule has 1 aromatic heterocycles. The molecule has 0 bridgehead atoms. The van der Waals surface area contributed by atoms with Crippen molar-refractivity contribution in [2.24, 2.45) is 5.73 Å². The summed E-state index contributed by atoms with van der Waals surface area (Å²) in [7, 11) is 0. The highest BCUT2D eigenvalue weighted by Crippen LogP contribution is 2.33. The molecule has 0 aliphatic carbocycles. The van der Waals surface area contributed by atoms with Crippen LogP contribution in [0.15, 0.2) is 13.6 Å². The summed E-state index contributed by atoms with van der Waals surface area (Å²) < 4.78 is 1.50. The van der Waals surface area contributed by atoms with E-state index < -0.39 is 18.1 Å². The van der Waals surface area contributed by atoms with Gasteiger partial charge in [-0.25, -0.2) is 0 Å². The van der Waals surface area contributed by atoms with Gasteiger partial charge in [0.15, 0.2) is 0 Å². The molecule has 1 aromatic rings. The predicted molar refractivity (Wildman–Crippen MR) is 74.4 cm³/mol. The average molecular weight is 398 g/mol. The fourth-order valence-electron chi connectivity index (χ4n) is 1.95. The Kier molecular flexibility index (Phi) is 4.10.